The summed E-state index contributed by atoms with van der Waals surface area (Å²) in [5.74, 6) is 1.37. The van der Waals surface area contributed by atoms with Crippen LogP contribution >= 0.6 is 15.9 Å². The summed E-state index contributed by atoms with van der Waals surface area (Å²) in [6, 6.07) is 5.74. The molecule has 2 saturated heterocycles. The van der Waals surface area contributed by atoms with E-state index in [-0.39, 0.29) is 29.9 Å². The van der Waals surface area contributed by atoms with Crippen molar-refractivity contribution in [2.45, 2.75) is 50.8 Å². The van der Waals surface area contributed by atoms with E-state index in [0.717, 1.165) is 30.2 Å². The zero-order valence-electron chi connectivity index (χ0n) is 15.8. The summed E-state index contributed by atoms with van der Waals surface area (Å²) >= 11 is 3.44. The van der Waals surface area contributed by atoms with Gasteiger partial charge < -0.3 is 19.1 Å². The molecule has 2 fully saturated rings. The molecule has 1 amide bonds. The van der Waals surface area contributed by atoms with Gasteiger partial charge in [0, 0.05) is 30.3 Å². The average Bonchev–Trinajstić information content (AvgIpc) is 3.22. The van der Waals surface area contributed by atoms with Crippen LogP contribution in [-0.2, 0) is 20.9 Å². The van der Waals surface area contributed by atoms with Gasteiger partial charge in [0.15, 0.2) is 11.5 Å². The van der Waals surface area contributed by atoms with E-state index in [0.29, 0.717) is 30.9 Å². The second-order valence-corrected chi connectivity index (χ2v) is 7.84. The standard InChI is InChI=1S/C20H26BrNO5/c1-25-17-7-5-13(10-18(17)26-2)12-22-15(6-8-19(22)23)14-11-20(24)27-16(14)4-3-9-21/h5,7,10,14-16H,3-4,6,8-9,11-12H2,1-2H3/t14-,15-,16-/m1/s1. The van der Waals surface area contributed by atoms with Crippen LogP contribution in [0.25, 0.3) is 0 Å². The van der Waals surface area contributed by atoms with Gasteiger partial charge in [0.2, 0.25) is 5.91 Å². The predicted octanol–water partition coefficient (Wildman–Crippen LogP) is 3.30. The summed E-state index contributed by atoms with van der Waals surface area (Å²) in [7, 11) is 3.20. The Bertz CT molecular complexity index is 695. The smallest absolute Gasteiger partial charge is 0.306 e. The number of carbonyl (C=O) groups excluding carboxylic acids is 2. The lowest BCUT2D eigenvalue weighted by Crippen LogP contribution is -2.40. The number of halogens is 1. The summed E-state index contributed by atoms with van der Waals surface area (Å²) in [5, 5.41) is 0.882. The van der Waals surface area contributed by atoms with Crippen molar-refractivity contribution < 1.29 is 23.8 Å². The highest BCUT2D eigenvalue weighted by Crippen LogP contribution is 2.38. The highest BCUT2D eigenvalue weighted by Gasteiger charge is 2.45. The molecule has 2 aliphatic heterocycles. The number of ether oxygens (including phenoxy) is 3. The molecule has 0 saturated carbocycles. The highest BCUT2D eigenvalue weighted by atomic mass is 79.9. The van der Waals surface area contributed by atoms with Gasteiger partial charge in [-0.2, -0.15) is 0 Å². The number of esters is 1. The van der Waals surface area contributed by atoms with E-state index in [4.69, 9.17) is 14.2 Å². The van der Waals surface area contributed by atoms with Gasteiger partial charge in [-0.3, -0.25) is 9.59 Å². The van der Waals surface area contributed by atoms with Crippen LogP contribution in [-0.4, -0.2) is 48.5 Å². The van der Waals surface area contributed by atoms with Crippen LogP contribution in [0.2, 0.25) is 0 Å². The van der Waals surface area contributed by atoms with Crippen molar-refractivity contribution in [3.05, 3.63) is 23.8 Å². The predicted molar refractivity (Wildman–Crippen MR) is 104 cm³/mol. The summed E-state index contributed by atoms with van der Waals surface area (Å²) in [6.07, 6.45) is 3.37. The third kappa shape index (κ3) is 4.39. The van der Waals surface area contributed by atoms with Crippen LogP contribution in [0.5, 0.6) is 11.5 Å². The van der Waals surface area contributed by atoms with Crippen molar-refractivity contribution in [3.8, 4) is 11.5 Å². The second kappa shape index (κ2) is 8.95. The highest BCUT2D eigenvalue weighted by molar-refractivity contribution is 9.09. The molecule has 0 N–H and O–H groups in total. The molecule has 148 valence electrons. The molecule has 27 heavy (non-hydrogen) atoms. The SMILES string of the molecule is COc1ccc(CN2C(=O)CC[C@@H]2[C@H]2CC(=O)O[C@@H]2CCCBr)cc1OC. The maximum atomic E-state index is 12.6. The molecule has 0 radical (unpaired) electrons. The maximum absolute atomic E-state index is 12.6. The molecule has 3 atom stereocenters. The van der Waals surface area contributed by atoms with Crippen molar-refractivity contribution in [3.63, 3.8) is 0 Å². The molecule has 0 spiro atoms. The molecule has 2 aliphatic rings. The largest absolute Gasteiger partial charge is 0.493 e. The minimum atomic E-state index is -0.148. The van der Waals surface area contributed by atoms with Gasteiger partial charge in [-0.1, -0.05) is 22.0 Å². The van der Waals surface area contributed by atoms with E-state index in [9.17, 15) is 9.59 Å². The van der Waals surface area contributed by atoms with Crippen LogP contribution in [0.4, 0.5) is 0 Å². The number of hydrogen-bond acceptors (Lipinski definition) is 5. The molecule has 3 rings (SSSR count). The molecule has 1 aromatic rings. The quantitative estimate of drug-likeness (QED) is 0.459. The van der Waals surface area contributed by atoms with Crippen LogP contribution in [0.3, 0.4) is 0 Å². The first-order chi connectivity index (χ1) is 13.1. The first kappa shape index (κ1) is 20.0. The molecule has 7 heteroatoms. The number of alkyl halides is 1. The van der Waals surface area contributed by atoms with Gasteiger partial charge in [0.25, 0.3) is 0 Å². The fourth-order valence-corrected chi connectivity index (χ4v) is 4.47. The lowest BCUT2D eigenvalue weighted by Gasteiger charge is -2.31. The van der Waals surface area contributed by atoms with E-state index >= 15 is 0 Å². The first-order valence-corrected chi connectivity index (χ1v) is 10.4. The summed E-state index contributed by atoms with van der Waals surface area (Å²) < 4.78 is 16.2. The van der Waals surface area contributed by atoms with Crippen molar-refractivity contribution in [1.29, 1.82) is 0 Å². The summed E-state index contributed by atoms with van der Waals surface area (Å²) in [5.41, 5.74) is 0.982. The third-order valence-corrected chi connectivity index (χ3v) is 6.02. The van der Waals surface area contributed by atoms with Gasteiger partial charge in [0.05, 0.1) is 20.6 Å². The lowest BCUT2D eigenvalue weighted by atomic mass is 9.88. The van der Waals surface area contributed by atoms with Gasteiger partial charge in [-0.25, -0.2) is 0 Å². The third-order valence-electron chi connectivity index (χ3n) is 5.45. The minimum absolute atomic E-state index is 0.0392. The van der Waals surface area contributed by atoms with Crippen LogP contribution < -0.4 is 9.47 Å². The second-order valence-electron chi connectivity index (χ2n) is 7.04. The van der Waals surface area contributed by atoms with Crippen molar-refractivity contribution >= 4 is 27.8 Å². The number of nitrogens with zero attached hydrogens (tertiary/aromatic N) is 1. The normalized spacial score (nSPS) is 25.0. The number of carbonyl (C=O) groups is 2. The Labute approximate surface area is 168 Å². The molecule has 6 nitrogen and oxygen atoms in total. The fourth-order valence-electron chi connectivity index (χ4n) is 4.15. The average molecular weight is 440 g/mol. The van der Waals surface area contributed by atoms with E-state index in [2.05, 4.69) is 15.9 Å². The number of hydrogen-bond donors (Lipinski definition) is 0. The maximum Gasteiger partial charge on any atom is 0.306 e. The number of benzene rings is 1. The Balaban J connectivity index is 1.77. The summed E-state index contributed by atoms with van der Waals surface area (Å²) in [4.78, 5) is 26.4. The Hall–Kier alpha value is -1.76. The molecule has 2 heterocycles. The monoisotopic (exact) mass is 439 g/mol. The van der Waals surface area contributed by atoms with Crippen molar-refractivity contribution in [2.24, 2.45) is 5.92 Å². The van der Waals surface area contributed by atoms with E-state index in [1.165, 1.54) is 0 Å². The van der Waals surface area contributed by atoms with Gasteiger partial charge in [-0.05, 0) is 37.0 Å². The Morgan fingerprint density at radius 3 is 2.70 bits per heavy atom. The Morgan fingerprint density at radius 1 is 1.22 bits per heavy atom. The fraction of sp³-hybridized carbons (Fsp3) is 0.600. The Morgan fingerprint density at radius 2 is 2.00 bits per heavy atom. The van der Waals surface area contributed by atoms with Crippen LogP contribution in [0, 0.1) is 5.92 Å². The number of cyclic esters (lactones) is 1. The molecular formula is C20H26BrNO5. The van der Waals surface area contributed by atoms with Gasteiger partial charge in [0.1, 0.15) is 6.10 Å². The molecule has 1 aromatic carbocycles. The Kier molecular flexibility index (Phi) is 6.63. The molecule has 0 bridgehead atoms. The molecular weight excluding hydrogens is 414 g/mol. The minimum Gasteiger partial charge on any atom is -0.493 e. The van der Waals surface area contributed by atoms with Gasteiger partial charge >= 0.3 is 5.97 Å². The zero-order chi connectivity index (χ0) is 19.4. The van der Waals surface area contributed by atoms with Crippen LogP contribution in [0.1, 0.15) is 37.7 Å². The first-order valence-electron chi connectivity index (χ1n) is 9.33. The molecule has 0 aromatic heterocycles. The van der Waals surface area contributed by atoms with Crippen LogP contribution in [0.15, 0.2) is 18.2 Å². The number of methoxy groups -OCH3 is 2. The van der Waals surface area contributed by atoms with Crippen molar-refractivity contribution in [1.82, 2.24) is 4.90 Å². The van der Waals surface area contributed by atoms with E-state index < -0.39 is 0 Å². The molecule has 0 unspecified atom stereocenters. The van der Waals surface area contributed by atoms with E-state index in [1.54, 1.807) is 14.2 Å². The van der Waals surface area contributed by atoms with Crippen molar-refractivity contribution in [2.75, 3.05) is 19.5 Å². The van der Waals surface area contributed by atoms with Gasteiger partial charge in [-0.15, -0.1) is 0 Å². The van der Waals surface area contributed by atoms with E-state index in [1.807, 2.05) is 23.1 Å². The number of rotatable bonds is 8. The molecule has 0 aliphatic carbocycles. The zero-order valence-corrected chi connectivity index (χ0v) is 17.4. The topological polar surface area (TPSA) is 65.1 Å². The summed E-state index contributed by atoms with van der Waals surface area (Å²) in [6.45, 7) is 0.500. The number of likely N-dealkylation sites (tertiary alicyclic amines) is 1. The number of amides is 1. The lowest BCUT2D eigenvalue weighted by molar-refractivity contribution is -0.141.